The third-order valence-electron chi connectivity index (χ3n) is 2.92. The molecule has 0 saturated carbocycles. The van der Waals surface area contributed by atoms with Crippen molar-refractivity contribution in [3.63, 3.8) is 0 Å². The van der Waals surface area contributed by atoms with E-state index in [0.29, 0.717) is 6.04 Å². The molecule has 15 heavy (non-hydrogen) atoms. The number of likely N-dealkylation sites (N-methyl/N-ethyl adjacent to an activating group) is 1. The van der Waals surface area contributed by atoms with Crippen LogP contribution in [0.15, 0.2) is 0 Å². The molecule has 88 valence electrons. The molecule has 0 radical (unpaired) electrons. The standard InChI is InChI=1S/C11H23N3O/c1-9(2)11(15)12-5-6-14-7-10(8-14)13(3)4/h9-10H,5-8H2,1-4H3,(H,12,15). The second-order valence-electron chi connectivity index (χ2n) is 4.82. The number of nitrogens with zero attached hydrogens (tertiary/aromatic N) is 2. The van der Waals surface area contributed by atoms with Gasteiger partial charge in [0, 0.05) is 38.1 Å². The van der Waals surface area contributed by atoms with Crippen LogP contribution in [-0.2, 0) is 4.79 Å². The number of hydrogen-bond acceptors (Lipinski definition) is 3. The SMILES string of the molecule is CC(C)C(=O)NCCN1CC(N(C)C)C1. The zero-order valence-corrected chi connectivity index (χ0v) is 10.3. The van der Waals surface area contributed by atoms with Gasteiger partial charge in [0.25, 0.3) is 0 Å². The molecule has 1 fully saturated rings. The number of likely N-dealkylation sites (tertiary alicyclic amines) is 1. The minimum absolute atomic E-state index is 0.0934. The normalized spacial score (nSPS) is 18.3. The van der Waals surface area contributed by atoms with Crippen LogP contribution in [0.25, 0.3) is 0 Å². The molecule has 0 bridgehead atoms. The van der Waals surface area contributed by atoms with E-state index in [9.17, 15) is 4.79 Å². The first-order valence-corrected chi connectivity index (χ1v) is 5.67. The van der Waals surface area contributed by atoms with Crippen LogP contribution in [0.5, 0.6) is 0 Å². The van der Waals surface area contributed by atoms with Crippen molar-refractivity contribution in [2.75, 3.05) is 40.3 Å². The van der Waals surface area contributed by atoms with Crippen LogP contribution in [0.4, 0.5) is 0 Å². The highest BCUT2D eigenvalue weighted by Crippen LogP contribution is 2.10. The lowest BCUT2D eigenvalue weighted by Gasteiger charge is -2.42. The number of nitrogens with one attached hydrogen (secondary N) is 1. The van der Waals surface area contributed by atoms with Gasteiger partial charge >= 0.3 is 0 Å². The van der Waals surface area contributed by atoms with Crippen molar-refractivity contribution >= 4 is 5.91 Å². The predicted octanol–water partition coefficient (Wildman–Crippen LogP) is 0.00440. The third-order valence-corrected chi connectivity index (χ3v) is 2.92. The summed E-state index contributed by atoms with van der Waals surface area (Å²) in [5.41, 5.74) is 0. The maximum absolute atomic E-state index is 11.3. The van der Waals surface area contributed by atoms with Gasteiger partial charge in [-0.2, -0.15) is 0 Å². The van der Waals surface area contributed by atoms with E-state index in [-0.39, 0.29) is 11.8 Å². The summed E-state index contributed by atoms with van der Waals surface area (Å²) in [6.07, 6.45) is 0. The van der Waals surface area contributed by atoms with Crippen molar-refractivity contribution in [3.05, 3.63) is 0 Å². The van der Waals surface area contributed by atoms with E-state index in [4.69, 9.17) is 0 Å². The van der Waals surface area contributed by atoms with Crippen LogP contribution >= 0.6 is 0 Å². The van der Waals surface area contributed by atoms with Gasteiger partial charge in [-0.1, -0.05) is 13.8 Å². The van der Waals surface area contributed by atoms with Gasteiger partial charge in [-0.15, -0.1) is 0 Å². The van der Waals surface area contributed by atoms with E-state index >= 15 is 0 Å². The summed E-state index contributed by atoms with van der Waals surface area (Å²) < 4.78 is 0. The Morgan fingerprint density at radius 3 is 2.53 bits per heavy atom. The second-order valence-corrected chi connectivity index (χ2v) is 4.82. The highest BCUT2D eigenvalue weighted by Gasteiger charge is 2.27. The Morgan fingerprint density at radius 2 is 2.07 bits per heavy atom. The summed E-state index contributed by atoms with van der Waals surface area (Å²) in [6.45, 7) is 7.84. The minimum atomic E-state index is 0.0934. The van der Waals surface area contributed by atoms with Crippen LogP contribution in [0.1, 0.15) is 13.8 Å². The molecule has 0 aliphatic carbocycles. The fraction of sp³-hybridized carbons (Fsp3) is 0.909. The number of amides is 1. The van der Waals surface area contributed by atoms with Crippen molar-refractivity contribution < 1.29 is 4.79 Å². The van der Waals surface area contributed by atoms with E-state index in [2.05, 4.69) is 29.2 Å². The molecule has 1 heterocycles. The largest absolute Gasteiger partial charge is 0.355 e. The zero-order chi connectivity index (χ0) is 11.4. The van der Waals surface area contributed by atoms with E-state index in [1.807, 2.05) is 13.8 Å². The van der Waals surface area contributed by atoms with E-state index in [1.54, 1.807) is 0 Å². The van der Waals surface area contributed by atoms with Crippen molar-refractivity contribution in [1.29, 1.82) is 0 Å². The monoisotopic (exact) mass is 213 g/mol. The maximum atomic E-state index is 11.3. The van der Waals surface area contributed by atoms with Crippen LogP contribution in [-0.4, -0.2) is 62.0 Å². The summed E-state index contributed by atoms with van der Waals surface area (Å²) in [6, 6.07) is 0.700. The molecular weight excluding hydrogens is 190 g/mol. The molecule has 0 atom stereocenters. The molecule has 0 spiro atoms. The Balaban J connectivity index is 2.02. The van der Waals surface area contributed by atoms with Crippen LogP contribution in [0, 0.1) is 5.92 Å². The molecule has 0 aromatic heterocycles. The molecule has 0 aromatic rings. The van der Waals surface area contributed by atoms with Gasteiger partial charge in [-0.25, -0.2) is 0 Å². The van der Waals surface area contributed by atoms with Crippen LogP contribution in [0.2, 0.25) is 0 Å². The fourth-order valence-corrected chi connectivity index (χ4v) is 1.59. The van der Waals surface area contributed by atoms with Crippen molar-refractivity contribution in [2.24, 2.45) is 5.92 Å². The minimum Gasteiger partial charge on any atom is -0.355 e. The third kappa shape index (κ3) is 3.80. The molecule has 0 unspecified atom stereocenters. The average molecular weight is 213 g/mol. The number of rotatable bonds is 5. The first kappa shape index (κ1) is 12.5. The summed E-state index contributed by atoms with van der Waals surface area (Å²) in [4.78, 5) is 15.9. The second kappa shape index (κ2) is 5.47. The number of hydrogen-bond donors (Lipinski definition) is 1. The topological polar surface area (TPSA) is 35.6 Å². The summed E-state index contributed by atoms with van der Waals surface area (Å²) in [5.74, 6) is 0.246. The molecular formula is C11H23N3O. The summed E-state index contributed by atoms with van der Waals surface area (Å²) in [5, 5.41) is 2.93. The Morgan fingerprint density at radius 1 is 1.47 bits per heavy atom. The van der Waals surface area contributed by atoms with Gasteiger partial charge in [0.1, 0.15) is 0 Å². The first-order chi connectivity index (χ1) is 7.00. The first-order valence-electron chi connectivity index (χ1n) is 5.67. The molecule has 1 amide bonds. The summed E-state index contributed by atoms with van der Waals surface area (Å²) in [7, 11) is 4.23. The number of carbonyl (C=O) groups is 1. The Hall–Kier alpha value is -0.610. The average Bonchev–Trinajstić information content (AvgIpc) is 2.07. The molecule has 0 aromatic carbocycles. The van der Waals surface area contributed by atoms with Crippen molar-refractivity contribution in [3.8, 4) is 0 Å². The lowest BCUT2D eigenvalue weighted by molar-refractivity contribution is -0.124. The Labute approximate surface area is 92.6 Å². The lowest BCUT2D eigenvalue weighted by atomic mass is 10.1. The predicted molar refractivity (Wildman–Crippen MR) is 61.8 cm³/mol. The Kier molecular flexibility index (Phi) is 4.54. The molecule has 1 aliphatic heterocycles. The quantitative estimate of drug-likeness (QED) is 0.698. The van der Waals surface area contributed by atoms with Crippen molar-refractivity contribution in [2.45, 2.75) is 19.9 Å². The van der Waals surface area contributed by atoms with Gasteiger partial charge in [0.2, 0.25) is 5.91 Å². The van der Waals surface area contributed by atoms with Gasteiger partial charge in [0.05, 0.1) is 0 Å². The Bertz CT molecular complexity index is 210. The van der Waals surface area contributed by atoms with Gasteiger partial charge in [0.15, 0.2) is 0 Å². The van der Waals surface area contributed by atoms with Crippen LogP contribution < -0.4 is 5.32 Å². The van der Waals surface area contributed by atoms with E-state index < -0.39 is 0 Å². The molecule has 1 rings (SSSR count). The molecule has 1 aliphatic rings. The maximum Gasteiger partial charge on any atom is 0.222 e. The van der Waals surface area contributed by atoms with Crippen molar-refractivity contribution in [1.82, 2.24) is 15.1 Å². The number of carbonyl (C=O) groups excluding carboxylic acids is 1. The highest BCUT2D eigenvalue weighted by atomic mass is 16.1. The molecule has 4 nitrogen and oxygen atoms in total. The summed E-state index contributed by atoms with van der Waals surface area (Å²) >= 11 is 0. The molecule has 1 saturated heterocycles. The van der Waals surface area contributed by atoms with E-state index in [0.717, 1.165) is 26.2 Å². The zero-order valence-electron chi connectivity index (χ0n) is 10.3. The smallest absolute Gasteiger partial charge is 0.222 e. The molecule has 4 heteroatoms. The fourth-order valence-electron chi connectivity index (χ4n) is 1.59. The van der Waals surface area contributed by atoms with Gasteiger partial charge in [-0.3, -0.25) is 9.69 Å². The van der Waals surface area contributed by atoms with Gasteiger partial charge in [-0.05, 0) is 14.1 Å². The van der Waals surface area contributed by atoms with Gasteiger partial charge < -0.3 is 10.2 Å². The van der Waals surface area contributed by atoms with Crippen LogP contribution in [0.3, 0.4) is 0 Å². The highest BCUT2D eigenvalue weighted by molar-refractivity contribution is 5.77. The lowest BCUT2D eigenvalue weighted by Crippen LogP contribution is -2.58. The molecule has 1 N–H and O–H groups in total. The van der Waals surface area contributed by atoms with E-state index in [1.165, 1.54) is 0 Å².